The SMILES string of the molecule is Cc1cccn2c(=O)c(/C=C3/SC(=S)N(Cc4ccc5c(c4)OCO5)C3=O)c(N3CC(C)CC(C)C3)nc12. The molecule has 2 atom stereocenters. The second kappa shape index (κ2) is 9.74. The van der Waals surface area contributed by atoms with Gasteiger partial charge in [0.05, 0.1) is 17.0 Å². The van der Waals surface area contributed by atoms with E-state index in [1.807, 2.05) is 37.3 Å². The van der Waals surface area contributed by atoms with Crippen molar-refractivity contribution in [3.05, 3.63) is 68.5 Å². The smallest absolute Gasteiger partial charge is 0.267 e. The Kier molecular flexibility index (Phi) is 6.39. The highest BCUT2D eigenvalue weighted by atomic mass is 32.2. The van der Waals surface area contributed by atoms with E-state index in [0.717, 1.165) is 30.6 Å². The maximum absolute atomic E-state index is 13.8. The molecule has 6 rings (SSSR count). The number of thioether (sulfide) groups is 1. The summed E-state index contributed by atoms with van der Waals surface area (Å²) in [6.45, 7) is 8.52. The molecule has 2 aromatic heterocycles. The Morgan fingerprint density at radius 1 is 1.13 bits per heavy atom. The summed E-state index contributed by atoms with van der Waals surface area (Å²) in [5, 5.41) is 0. The Morgan fingerprint density at radius 3 is 2.68 bits per heavy atom. The van der Waals surface area contributed by atoms with Gasteiger partial charge < -0.3 is 14.4 Å². The molecule has 2 saturated heterocycles. The van der Waals surface area contributed by atoms with Gasteiger partial charge in [0, 0.05) is 19.3 Å². The molecule has 38 heavy (non-hydrogen) atoms. The lowest BCUT2D eigenvalue weighted by atomic mass is 9.91. The number of aryl methyl sites for hydroxylation is 1. The molecule has 3 aliphatic rings. The second-order valence-corrected chi connectivity index (χ2v) is 12.0. The normalized spacial score (nSPS) is 22.2. The number of carbonyl (C=O) groups excluding carboxylic acids is 1. The van der Waals surface area contributed by atoms with Gasteiger partial charge in [0.2, 0.25) is 6.79 Å². The van der Waals surface area contributed by atoms with Gasteiger partial charge in [-0.25, -0.2) is 4.98 Å². The minimum atomic E-state index is -0.224. The summed E-state index contributed by atoms with van der Waals surface area (Å²) < 4.78 is 12.9. The molecule has 0 bridgehead atoms. The van der Waals surface area contributed by atoms with Crippen LogP contribution in [0.15, 0.2) is 46.2 Å². The first-order chi connectivity index (χ1) is 18.3. The molecule has 8 nitrogen and oxygen atoms in total. The average molecular weight is 549 g/mol. The molecule has 0 N–H and O–H groups in total. The van der Waals surface area contributed by atoms with E-state index in [2.05, 4.69) is 18.7 Å². The average Bonchev–Trinajstić information content (AvgIpc) is 3.45. The monoisotopic (exact) mass is 548 g/mol. The van der Waals surface area contributed by atoms with Gasteiger partial charge in [-0.05, 0) is 60.6 Å². The number of amides is 1. The summed E-state index contributed by atoms with van der Waals surface area (Å²) in [6.07, 6.45) is 4.54. The molecular formula is C28H28N4O4S2. The van der Waals surface area contributed by atoms with Crippen molar-refractivity contribution >= 4 is 51.7 Å². The van der Waals surface area contributed by atoms with Crippen LogP contribution in [0.5, 0.6) is 11.5 Å². The third-order valence-corrected chi connectivity index (χ3v) is 8.54. The number of hydrogen-bond acceptors (Lipinski definition) is 8. The van der Waals surface area contributed by atoms with E-state index in [9.17, 15) is 9.59 Å². The number of aromatic nitrogens is 2. The first-order valence-corrected chi connectivity index (χ1v) is 13.9. The number of pyridine rings is 1. The zero-order valence-corrected chi connectivity index (χ0v) is 23.1. The van der Waals surface area contributed by atoms with Crippen LogP contribution in [0.3, 0.4) is 0 Å². The molecule has 0 spiro atoms. The highest BCUT2D eigenvalue weighted by Crippen LogP contribution is 2.37. The lowest BCUT2D eigenvalue weighted by Gasteiger charge is -2.36. The third kappa shape index (κ3) is 4.45. The van der Waals surface area contributed by atoms with Gasteiger partial charge in [0.15, 0.2) is 11.5 Å². The first-order valence-electron chi connectivity index (χ1n) is 12.7. The van der Waals surface area contributed by atoms with Crippen molar-refractivity contribution in [2.45, 2.75) is 33.7 Å². The summed E-state index contributed by atoms with van der Waals surface area (Å²) >= 11 is 6.80. The van der Waals surface area contributed by atoms with Gasteiger partial charge in [-0.2, -0.15) is 0 Å². The van der Waals surface area contributed by atoms with Crippen LogP contribution in [-0.4, -0.2) is 44.4 Å². The minimum Gasteiger partial charge on any atom is -0.454 e. The summed E-state index contributed by atoms with van der Waals surface area (Å²) in [6, 6.07) is 9.39. The molecule has 2 fully saturated rings. The number of nitrogens with zero attached hydrogens (tertiary/aromatic N) is 4. The number of hydrogen-bond donors (Lipinski definition) is 0. The van der Waals surface area contributed by atoms with Crippen LogP contribution < -0.4 is 19.9 Å². The topological polar surface area (TPSA) is 76.4 Å². The van der Waals surface area contributed by atoms with Gasteiger partial charge in [0.25, 0.3) is 11.5 Å². The number of rotatable bonds is 4. The highest BCUT2D eigenvalue weighted by Gasteiger charge is 2.34. The molecule has 0 aliphatic carbocycles. The molecule has 1 amide bonds. The maximum Gasteiger partial charge on any atom is 0.267 e. The number of carbonyl (C=O) groups is 1. The van der Waals surface area contributed by atoms with Crippen molar-refractivity contribution in [2.24, 2.45) is 11.8 Å². The first kappa shape index (κ1) is 24.9. The zero-order valence-electron chi connectivity index (χ0n) is 21.5. The number of thiocarbonyl (C=S) groups is 1. The molecule has 5 heterocycles. The van der Waals surface area contributed by atoms with Crippen molar-refractivity contribution in [3.63, 3.8) is 0 Å². The summed E-state index contributed by atoms with van der Waals surface area (Å²) in [5.74, 6) is 2.70. The summed E-state index contributed by atoms with van der Waals surface area (Å²) in [4.78, 5) is 36.5. The van der Waals surface area contributed by atoms with Crippen LogP contribution >= 0.6 is 24.0 Å². The van der Waals surface area contributed by atoms with E-state index < -0.39 is 0 Å². The van der Waals surface area contributed by atoms with Crippen LogP contribution in [0.25, 0.3) is 11.7 Å². The largest absolute Gasteiger partial charge is 0.454 e. The minimum absolute atomic E-state index is 0.189. The number of benzene rings is 1. The van der Waals surface area contributed by atoms with Crippen molar-refractivity contribution < 1.29 is 14.3 Å². The molecule has 3 aromatic rings. The molecule has 0 radical (unpaired) electrons. The molecular weight excluding hydrogens is 520 g/mol. The van der Waals surface area contributed by atoms with E-state index in [0.29, 0.717) is 56.1 Å². The van der Waals surface area contributed by atoms with E-state index in [4.69, 9.17) is 26.7 Å². The standard InChI is InChI=1S/C28H28N4O4S2/c1-16-9-17(2)13-30(12-16)25-20(26(33)31-8-4-5-18(3)24(31)29-25)11-23-27(34)32(28(37)38-23)14-19-6-7-21-22(10-19)36-15-35-21/h4-8,10-11,16-17H,9,12-15H2,1-3H3/b23-11+. The molecule has 196 valence electrons. The van der Waals surface area contributed by atoms with Gasteiger partial charge in [-0.3, -0.25) is 18.9 Å². The summed E-state index contributed by atoms with van der Waals surface area (Å²) in [5.41, 5.74) is 2.65. The second-order valence-electron chi connectivity index (χ2n) is 10.3. The Balaban J connectivity index is 1.39. The molecule has 0 saturated carbocycles. The third-order valence-electron chi connectivity index (χ3n) is 7.16. The fourth-order valence-corrected chi connectivity index (χ4v) is 6.73. The van der Waals surface area contributed by atoms with Crippen LogP contribution in [0.1, 0.15) is 37.0 Å². The molecule has 1 aromatic carbocycles. The van der Waals surface area contributed by atoms with Crippen molar-refractivity contribution in [2.75, 3.05) is 24.8 Å². The maximum atomic E-state index is 13.8. The van der Waals surface area contributed by atoms with E-state index >= 15 is 0 Å². The van der Waals surface area contributed by atoms with Gasteiger partial charge in [-0.15, -0.1) is 0 Å². The zero-order chi connectivity index (χ0) is 26.6. The Hall–Kier alpha value is -3.37. The Morgan fingerprint density at radius 2 is 1.89 bits per heavy atom. The van der Waals surface area contributed by atoms with Crippen molar-refractivity contribution in [3.8, 4) is 11.5 Å². The van der Waals surface area contributed by atoms with Gasteiger partial charge >= 0.3 is 0 Å². The fourth-order valence-electron chi connectivity index (χ4n) is 5.49. The predicted octanol–water partition coefficient (Wildman–Crippen LogP) is 4.62. The van der Waals surface area contributed by atoms with Crippen molar-refractivity contribution in [1.29, 1.82) is 0 Å². The quantitative estimate of drug-likeness (QED) is 0.346. The highest BCUT2D eigenvalue weighted by molar-refractivity contribution is 8.26. The van der Waals surface area contributed by atoms with Gasteiger partial charge in [0.1, 0.15) is 15.8 Å². The van der Waals surface area contributed by atoms with E-state index in [-0.39, 0.29) is 18.3 Å². The molecule has 3 aliphatic heterocycles. The van der Waals surface area contributed by atoms with Crippen LogP contribution in [0.2, 0.25) is 0 Å². The van der Waals surface area contributed by atoms with Crippen LogP contribution in [0, 0.1) is 18.8 Å². The number of anilines is 1. The number of fused-ring (bicyclic) bond motifs is 2. The van der Waals surface area contributed by atoms with Crippen LogP contribution in [0.4, 0.5) is 5.82 Å². The lowest BCUT2D eigenvalue weighted by Crippen LogP contribution is -2.40. The molecule has 10 heteroatoms. The predicted molar refractivity (Wildman–Crippen MR) is 153 cm³/mol. The Labute approximate surface area is 230 Å². The fraction of sp³-hybridized carbons (Fsp3) is 0.357. The van der Waals surface area contributed by atoms with Crippen LogP contribution in [-0.2, 0) is 11.3 Å². The number of piperidine rings is 1. The van der Waals surface area contributed by atoms with Crippen molar-refractivity contribution in [1.82, 2.24) is 14.3 Å². The number of ether oxygens (including phenoxy) is 2. The van der Waals surface area contributed by atoms with Gasteiger partial charge in [-0.1, -0.05) is 50.0 Å². The summed E-state index contributed by atoms with van der Waals surface area (Å²) in [7, 11) is 0. The lowest BCUT2D eigenvalue weighted by molar-refractivity contribution is -0.122. The molecule has 2 unspecified atom stereocenters. The van der Waals surface area contributed by atoms with E-state index in [1.165, 1.54) is 11.8 Å². The van der Waals surface area contributed by atoms with E-state index in [1.54, 1.807) is 21.6 Å². The Bertz CT molecular complexity index is 1560.